The van der Waals surface area contributed by atoms with Crippen LogP contribution in [-0.2, 0) is 14.8 Å². The summed E-state index contributed by atoms with van der Waals surface area (Å²) in [7, 11) is -3.08. The summed E-state index contributed by atoms with van der Waals surface area (Å²) in [6.07, 6.45) is 2.74. The second kappa shape index (κ2) is 4.93. The molecule has 1 radical (unpaired) electrons. The average molecular weight is 206 g/mol. The molecule has 77 valence electrons. The van der Waals surface area contributed by atoms with Gasteiger partial charge in [-0.05, 0) is 6.42 Å². The van der Waals surface area contributed by atoms with Crippen molar-refractivity contribution >= 4 is 10.0 Å². The van der Waals surface area contributed by atoms with Gasteiger partial charge in [0.25, 0.3) is 0 Å². The summed E-state index contributed by atoms with van der Waals surface area (Å²) >= 11 is 0. The zero-order chi connectivity index (χ0) is 9.73. The lowest BCUT2D eigenvalue weighted by molar-refractivity contribution is 0.243. The van der Waals surface area contributed by atoms with Crippen LogP contribution in [0.25, 0.3) is 0 Å². The lowest BCUT2D eigenvalue weighted by atomic mass is 10.3. The minimum atomic E-state index is -3.08. The Balaban J connectivity index is 2.36. The Morgan fingerprint density at radius 3 is 2.77 bits per heavy atom. The van der Waals surface area contributed by atoms with Crippen molar-refractivity contribution in [3.05, 3.63) is 6.73 Å². The second-order valence-corrected chi connectivity index (χ2v) is 5.15. The van der Waals surface area contributed by atoms with E-state index in [1.807, 2.05) is 0 Å². The van der Waals surface area contributed by atoms with Gasteiger partial charge >= 0.3 is 0 Å². The van der Waals surface area contributed by atoms with Gasteiger partial charge in [0.2, 0.25) is 10.0 Å². The van der Waals surface area contributed by atoms with Crippen molar-refractivity contribution in [2.75, 3.05) is 18.9 Å². The van der Waals surface area contributed by atoms with Crippen LogP contribution in [0, 0.1) is 6.73 Å². The van der Waals surface area contributed by atoms with E-state index in [4.69, 9.17) is 4.74 Å². The molecule has 0 amide bonds. The maximum absolute atomic E-state index is 11.5. The van der Waals surface area contributed by atoms with Crippen LogP contribution in [0.3, 0.4) is 0 Å². The first-order chi connectivity index (χ1) is 6.17. The molecule has 1 rings (SSSR count). The topological polar surface area (TPSA) is 46.6 Å². The highest BCUT2D eigenvalue weighted by Gasteiger charge is 2.25. The van der Waals surface area contributed by atoms with Crippen LogP contribution in [0.2, 0.25) is 0 Å². The number of hydrogen-bond donors (Lipinski definition) is 0. The zero-order valence-corrected chi connectivity index (χ0v) is 8.72. The van der Waals surface area contributed by atoms with Crippen molar-refractivity contribution in [3.8, 4) is 0 Å². The molecule has 4 nitrogen and oxygen atoms in total. The first kappa shape index (κ1) is 10.9. The maximum Gasteiger partial charge on any atom is 0.216 e. The molecule has 0 bridgehead atoms. The molecule has 13 heavy (non-hydrogen) atoms. The van der Waals surface area contributed by atoms with Gasteiger partial charge in [0.1, 0.15) is 0 Å². The molecule has 0 aromatic rings. The third kappa shape index (κ3) is 3.25. The number of unbranched alkanes of at least 4 members (excludes halogenated alkanes) is 2. The minimum Gasteiger partial charge on any atom is -0.356 e. The number of nitrogens with zero attached hydrogens (tertiary/aromatic N) is 1. The van der Waals surface area contributed by atoms with Crippen LogP contribution in [0.1, 0.15) is 26.2 Å². The molecule has 1 heterocycles. The Bertz CT molecular complexity index is 232. The van der Waals surface area contributed by atoms with E-state index in [1.54, 1.807) is 0 Å². The molecule has 0 unspecified atom stereocenters. The number of ether oxygens (including phenoxy) is 1. The summed E-state index contributed by atoms with van der Waals surface area (Å²) in [5.41, 5.74) is 0. The van der Waals surface area contributed by atoms with Crippen LogP contribution in [0.4, 0.5) is 0 Å². The summed E-state index contributed by atoms with van der Waals surface area (Å²) in [5, 5.41) is 0. The van der Waals surface area contributed by atoms with Crippen molar-refractivity contribution in [1.82, 2.24) is 4.31 Å². The van der Waals surface area contributed by atoms with E-state index in [1.165, 1.54) is 11.0 Å². The largest absolute Gasteiger partial charge is 0.356 e. The molecular weight excluding hydrogens is 190 g/mol. The standard InChI is InChI=1S/C8H16NO3S/c1-2-3-4-7-13(10,11)9-5-6-12-8-9/h8H,2-7H2,1H3. The van der Waals surface area contributed by atoms with Crippen LogP contribution in [0.15, 0.2) is 0 Å². The van der Waals surface area contributed by atoms with E-state index in [9.17, 15) is 8.42 Å². The Kier molecular flexibility index (Phi) is 4.15. The monoisotopic (exact) mass is 206 g/mol. The third-order valence-corrected chi connectivity index (χ3v) is 3.77. The molecule has 1 fully saturated rings. The van der Waals surface area contributed by atoms with E-state index in [2.05, 4.69) is 6.92 Å². The smallest absolute Gasteiger partial charge is 0.216 e. The number of rotatable bonds is 5. The van der Waals surface area contributed by atoms with Crippen molar-refractivity contribution in [3.63, 3.8) is 0 Å². The van der Waals surface area contributed by atoms with Crippen LogP contribution >= 0.6 is 0 Å². The SMILES string of the molecule is CCCCCS(=O)(=O)N1[CH]OCC1. The fourth-order valence-corrected chi connectivity index (χ4v) is 2.54. The fraction of sp³-hybridized carbons (Fsp3) is 0.875. The molecule has 0 N–H and O–H groups in total. The summed E-state index contributed by atoms with van der Waals surface area (Å²) < 4.78 is 29.2. The average Bonchev–Trinajstić information content (AvgIpc) is 2.56. The van der Waals surface area contributed by atoms with E-state index in [-0.39, 0.29) is 5.75 Å². The van der Waals surface area contributed by atoms with E-state index in [0.717, 1.165) is 19.3 Å². The third-order valence-electron chi connectivity index (χ3n) is 1.98. The van der Waals surface area contributed by atoms with Crippen molar-refractivity contribution in [1.29, 1.82) is 0 Å². The number of hydrogen-bond acceptors (Lipinski definition) is 3. The van der Waals surface area contributed by atoms with Gasteiger partial charge in [-0.2, -0.15) is 4.31 Å². The predicted molar refractivity (Wildman–Crippen MR) is 50.3 cm³/mol. The van der Waals surface area contributed by atoms with Gasteiger partial charge in [-0.15, -0.1) is 0 Å². The van der Waals surface area contributed by atoms with Gasteiger partial charge in [0, 0.05) is 6.54 Å². The van der Waals surface area contributed by atoms with Crippen LogP contribution < -0.4 is 0 Å². The Morgan fingerprint density at radius 1 is 1.46 bits per heavy atom. The Hall–Kier alpha value is -0.130. The van der Waals surface area contributed by atoms with E-state index < -0.39 is 10.0 Å². The lowest BCUT2D eigenvalue weighted by Gasteiger charge is -2.12. The molecule has 0 aromatic heterocycles. The number of sulfonamides is 1. The molecule has 0 saturated carbocycles. The van der Waals surface area contributed by atoms with Crippen LogP contribution in [-0.4, -0.2) is 31.6 Å². The minimum absolute atomic E-state index is 0.237. The van der Waals surface area contributed by atoms with Crippen LogP contribution in [0.5, 0.6) is 0 Å². The molecule has 0 atom stereocenters. The summed E-state index contributed by atoms with van der Waals surface area (Å²) in [6, 6.07) is 0. The highest BCUT2D eigenvalue weighted by atomic mass is 32.2. The van der Waals surface area contributed by atoms with Gasteiger partial charge in [0.05, 0.1) is 12.4 Å². The molecule has 0 aromatic carbocycles. The Morgan fingerprint density at radius 2 is 2.23 bits per heavy atom. The molecule has 1 saturated heterocycles. The summed E-state index contributed by atoms with van der Waals surface area (Å²) in [6.45, 7) is 4.31. The lowest BCUT2D eigenvalue weighted by Crippen LogP contribution is -2.28. The predicted octanol–water partition coefficient (Wildman–Crippen LogP) is 0.958. The van der Waals surface area contributed by atoms with Gasteiger partial charge in [0.15, 0.2) is 6.73 Å². The first-order valence-electron chi connectivity index (χ1n) is 4.61. The Labute approximate surface area is 79.9 Å². The first-order valence-corrected chi connectivity index (χ1v) is 6.22. The molecule has 1 aliphatic heterocycles. The van der Waals surface area contributed by atoms with E-state index in [0.29, 0.717) is 13.2 Å². The van der Waals surface area contributed by atoms with Crippen molar-refractivity contribution in [2.45, 2.75) is 26.2 Å². The molecule has 5 heteroatoms. The van der Waals surface area contributed by atoms with Gasteiger partial charge in [-0.3, -0.25) is 0 Å². The summed E-state index contributed by atoms with van der Waals surface area (Å²) in [5.74, 6) is 0.237. The highest BCUT2D eigenvalue weighted by molar-refractivity contribution is 7.89. The van der Waals surface area contributed by atoms with Gasteiger partial charge in [-0.25, -0.2) is 8.42 Å². The van der Waals surface area contributed by atoms with Crippen molar-refractivity contribution in [2.24, 2.45) is 0 Å². The molecule has 0 spiro atoms. The molecule has 0 aliphatic carbocycles. The molecular formula is C8H16NO3S. The summed E-state index contributed by atoms with van der Waals surface area (Å²) in [4.78, 5) is 0. The maximum atomic E-state index is 11.5. The zero-order valence-electron chi connectivity index (χ0n) is 7.90. The van der Waals surface area contributed by atoms with Gasteiger partial charge in [-0.1, -0.05) is 19.8 Å². The molecule has 1 aliphatic rings. The normalized spacial score (nSPS) is 19.5. The van der Waals surface area contributed by atoms with Gasteiger partial charge < -0.3 is 4.74 Å². The highest BCUT2D eigenvalue weighted by Crippen LogP contribution is 2.12. The fourth-order valence-electron chi connectivity index (χ4n) is 1.19. The quantitative estimate of drug-likeness (QED) is 0.629. The second-order valence-electron chi connectivity index (χ2n) is 3.11. The van der Waals surface area contributed by atoms with E-state index >= 15 is 0 Å². The van der Waals surface area contributed by atoms with Crippen molar-refractivity contribution < 1.29 is 13.2 Å².